The number of amides is 3. The smallest absolute Gasteiger partial charge is 0.258 e. The second-order valence-electron chi connectivity index (χ2n) is 10.2. The maximum Gasteiger partial charge on any atom is 0.258 e. The lowest BCUT2D eigenvalue weighted by Gasteiger charge is -2.34. The predicted octanol–water partition coefficient (Wildman–Crippen LogP) is 7.04. The third-order valence-corrected chi connectivity index (χ3v) is 7.66. The number of hydrogen-bond donors (Lipinski definition) is 1. The van der Waals surface area contributed by atoms with Gasteiger partial charge in [0.15, 0.2) is 0 Å². The molecular weight excluding hydrogens is 588 g/mol. The summed E-state index contributed by atoms with van der Waals surface area (Å²) in [6.07, 6.45) is 6.52. The Morgan fingerprint density at radius 1 is 1.02 bits per heavy atom. The molecule has 0 saturated carbocycles. The van der Waals surface area contributed by atoms with Gasteiger partial charge in [0, 0.05) is 62.7 Å². The highest BCUT2D eigenvalue weighted by molar-refractivity contribution is 6.29. The van der Waals surface area contributed by atoms with Crippen molar-refractivity contribution in [1.82, 2.24) is 24.5 Å². The van der Waals surface area contributed by atoms with Gasteiger partial charge >= 0.3 is 0 Å². The second-order valence-corrected chi connectivity index (χ2v) is 10.8. The van der Waals surface area contributed by atoms with Crippen LogP contribution in [0.3, 0.4) is 0 Å². The molecule has 0 aliphatic carbocycles. The van der Waals surface area contributed by atoms with Crippen LogP contribution in [-0.4, -0.2) is 68.4 Å². The summed E-state index contributed by atoms with van der Waals surface area (Å²) in [4.78, 5) is 43.0. The zero-order valence-corrected chi connectivity index (χ0v) is 29.7. The van der Waals surface area contributed by atoms with Crippen molar-refractivity contribution >= 4 is 35.1 Å². The number of hydrogen-bond acceptors (Lipinski definition) is 5. The number of nitrogens with zero attached hydrogens (tertiary/aromatic N) is 5. The number of aromatic nitrogens is 2. The lowest BCUT2D eigenvalue weighted by Crippen LogP contribution is -2.50. The third kappa shape index (κ3) is 10.9. The first kappa shape index (κ1) is 39.2. The van der Waals surface area contributed by atoms with Crippen LogP contribution in [0.2, 0.25) is 0 Å². The SMILES string of the molecule is C/C=C(\C)Cl.C=C1/C(=C\C)Nc2c(cnn2C)CN1C(=O)c1ccc(CCC(=O)N2CCN(C(C)=O)CC2)c(C)c1.CC.CC. The molecule has 2 aromatic rings. The highest BCUT2D eigenvalue weighted by Crippen LogP contribution is 2.30. The molecule has 3 heterocycles. The van der Waals surface area contributed by atoms with Gasteiger partial charge in [0.1, 0.15) is 5.82 Å². The summed E-state index contributed by atoms with van der Waals surface area (Å²) in [5.41, 5.74) is 4.88. The van der Waals surface area contributed by atoms with Crippen molar-refractivity contribution in [3.8, 4) is 0 Å². The van der Waals surface area contributed by atoms with Crippen molar-refractivity contribution in [1.29, 1.82) is 0 Å². The van der Waals surface area contributed by atoms with Crippen LogP contribution >= 0.6 is 11.6 Å². The van der Waals surface area contributed by atoms with Gasteiger partial charge in [-0.15, -0.1) is 0 Å². The van der Waals surface area contributed by atoms with E-state index in [2.05, 4.69) is 17.0 Å². The normalized spacial score (nSPS) is 15.3. The van der Waals surface area contributed by atoms with E-state index >= 15 is 0 Å². The van der Waals surface area contributed by atoms with Gasteiger partial charge in [-0.05, 0) is 57.4 Å². The van der Waals surface area contributed by atoms with E-state index in [-0.39, 0.29) is 17.7 Å². The minimum atomic E-state index is -0.132. The first-order valence-electron chi connectivity index (χ1n) is 15.8. The van der Waals surface area contributed by atoms with Gasteiger partial charge in [-0.3, -0.25) is 19.1 Å². The van der Waals surface area contributed by atoms with E-state index in [1.807, 2.05) is 97.7 Å². The first-order valence-corrected chi connectivity index (χ1v) is 16.2. The van der Waals surface area contributed by atoms with E-state index in [0.717, 1.165) is 33.2 Å². The Hall–Kier alpha value is -3.85. The molecule has 45 heavy (non-hydrogen) atoms. The van der Waals surface area contributed by atoms with Crippen LogP contribution < -0.4 is 5.32 Å². The van der Waals surface area contributed by atoms with Crippen molar-refractivity contribution in [3.63, 3.8) is 0 Å². The van der Waals surface area contributed by atoms with Crippen molar-refractivity contribution in [2.24, 2.45) is 7.05 Å². The molecule has 9 nitrogen and oxygen atoms in total. The van der Waals surface area contributed by atoms with Crippen molar-refractivity contribution in [3.05, 3.63) is 81.8 Å². The summed E-state index contributed by atoms with van der Waals surface area (Å²) in [5.74, 6) is 0.859. The Labute approximate surface area is 275 Å². The van der Waals surface area contributed by atoms with E-state index in [1.165, 1.54) is 0 Å². The monoisotopic (exact) mass is 640 g/mol. The van der Waals surface area contributed by atoms with Gasteiger partial charge in [-0.25, -0.2) is 0 Å². The summed E-state index contributed by atoms with van der Waals surface area (Å²) in [6.45, 7) is 24.1. The van der Waals surface area contributed by atoms with Gasteiger partial charge in [0.2, 0.25) is 11.8 Å². The zero-order valence-electron chi connectivity index (χ0n) is 29.0. The first-order chi connectivity index (χ1) is 21.5. The minimum absolute atomic E-state index is 0.0511. The predicted molar refractivity (Wildman–Crippen MR) is 186 cm³/mol. The summed E-state index contributed by atoms with van der Waals surface area (Å²) in [7, 11) is 1.86. The molecule has 0 atom stereocenters. The molecule has 1 saturated heterocycles. The molecule has 4 rings (SSSR count). The highest BCUT2D eigenvalue weighted by atomic mass is 35.5. The Morgan fingerprint density at radius 3 is 2.11 bits per heavy atom. The summed E-state index contributed by atoms with van der Waals surface area (Å²) in [6, 6.07) is 5.65. The fourth-order valence-corrected chi connectivity index (χ4v) is 4.74. The Kier molecular flexibility index (Phi) is 17.0. The van der Waals surface area contributed by atoms with Crippen LogP contribution in [0.25, 0.3) is 0 Å². The Balaban J connectivity index is 0.00000101. The van der Waals surface area contributed by atoms with Gasteiger partial charge in [-0.1, -0.05) is 64.1 Å². The molecule has 2 aliphatic rings. The maximum absolute atomic E-state index is 13.5. The number of allylic oxidation sites excluding steroid dienone is 3. The largest absolute Gasteiger partial charge is 0.339 e. The number of anilines is 1. The number of fused-ring (bicyclic) bond motifs is 1. The number of rotatable bonds is 4. The standard InChI is InChI=1S/C27H34N6O3.C4H7Cl.2C2H6/c1-6-24-19(3)33(17-23-16-28-30(5)26(23)29-24)27(36)22-8-7-21(18(2)15-22)9-10-25(35)32-13-11-31(12-14-32)20(4)34;1-3-4(2)5;2*1-2/h6-8,15-16,29H,3,9-14,17H2,1-2,4-5H3;3H,1-2H3;2*1-2H3/b24-6+;4-3+;;. The molecule has 10 heteroatoms. The van der Waals surface area contributed by atoms with Crippen LogP contribution in [0, 0.1) is 6.92 Å². The number of carbonyl (C=O) groups is 3. The second kappa shape index (κ2) is 19.5. The molecule has 0 bridgehead atoms. The molecule has 1 aromatic carbocycles. The molecule has 0 spiro atoms. The van der Waals surface area contributed by atoms with Crippen molar-refractivity contribution in [2.45, 2.75) is 81.7 Å². The number of benzene rings is 1. The maximum atomic E-state index is 13.5. The topological polar surface area (TPSA) is 90.8 Å². The van der Waals surface area contributed by atoms with Crippen LogP contribution in [0.4, 0.5) is 5.82 Å². The van der Waals surface area contributed by atoms with Crippen LogP contribution in [0.5, 0.6) is 0 Å². The van der Waals surface area contributed by atoms with E-state index < -0.39 is 0 Å². The van der Waals surface area contributed by atoms with Crippen LogP contribution in [0.15, 0.2) is 59.6 Å². The lowest BCUT2D eigenvalue weighted by molar-refractivity contribution is -0.138. The summed E-state index contributed by atoms with van der Waals surface area (Å²) < 4.78 is 1.75. The van der Waals surface area contributed by atoms with E-state index in [9.17, 15) is 14.4 Å². The average Bonchev–Trinajstić information content (AvgIpc) is 3.33. The number of halogens is 1. The van der Waals surface area contributed by atoms with Gasteiger partial charge < -0.3 is 20.0 Å². The molecule has 0 radical (unpaired) electrons. The zero-order chi connectivity index (χ0) is 34.3. The molecule has 2 aliphatic heterocycles. The fourth-order valence-electron chi connectivity index (χ4n) is 4.74. The number of carbonyl (C=O) groups excluding carboxylic acids is 3. The Bertz CT molecular complexity index is 1370. The number of nitrogens with one attached hydrogen (secondary N) is 1. The molecule has 248 valence electrons. The minimum Gasteiger partial charge on any atom is -0.339 e. The van der Waals surface area contributed by atoms with Crippen molar-refractivity contribution < 1.29 is 14.4 Å². The van der Waals surface area contributed by atoms with E-state index in [0.29, 0.717) is 56.8 Å². The molecular formula is C35H53ClN6O3. The average molecular weight is 641 g/mol. The number of piperazine rings is 1. The van der Waals surface area contributed by atoms with Crippen LogP contribution in [-0.2, 0) is 29.6 Å². The fraction of sp³-hybridized carbons (Fsp3) is 0.486. The molecule has 3 amide bonds. The van der Waals surface area contributed by atoms with E-state index in [4.69, 9.17) is 11.6 Å². The van der Waals surface area contributed by atoms with E-state index in [1.54, 1.807) is 27.6 Å². The lowest BCUT2D eigenvalue weighted by atomic mass is 10.00. The summed E-state index contributed by atoms with van der Waals surface area (Å²) in [5, 5.41) is 8.51. The number of aryl methyl sites for hydroxylation is 3. The summed E-state index contributed by atoms with van der Waals surface area (Å²) >= 11 is 5.32. The highest BCUT2D eigenvalue weighted by Gasteiger charge is 2.28. The molecule has 1 fully saturated rings. The molecule has 0 unspecified atom stereocenters. The Morgan fingerprint density at radius 2 is 1.60 bits per heavy atom. The third-order valence-electron chi connectivity index (χ3n) is 7.44. The van der Waals surface area contributed by atoms with Gasteiger partial charge in [0.05, 0.1) is 24.1 Å². The van der Waals surface area contributed by atoms with Crippen molar-refractivity contribution in [2.75, 3.05) is 31.5 Å². The van der Waals surface area contributed by atoms with Crippen LogP contribution in [0.1, 0.15) is 88.9 Å². The molecule has 1 N–H and O–H groups in total. The van der Waals surface area contributed by atoms with Gasteiger partial charge in [-0.2, -0.15) is 5.10 Å². The van der Waals surface area contributed by atoms with Gasteiger partial charge in [0.25, 0.3) is 5.91 Å². The quantitative estimate of drug-likeness (QED) is 0.387. The molecule has 1 aromatic heterocycles.